The molecule has 0 rings (SSSR count). The molecule has 0 aromatic heterocycles. The van der Waals surface area contributed by atoms with E-state index in [-0.39, 0.29) is 0 Å². The SMILES string of the molecule is CCCC#CCSC(N)=S. The molecule has 56 valence electrons. The van der Waals surface area contributed by atoms with Gasteiger partial charge in [-0.15, -0.1) is 5.92 Å². The molecule has 10 heavy (non-hydrogen) atoms. The van der Waals surface area contributed by atoms with Gasteiger partial charge in [0, 0.05) is 6.42 Å². The monoisotopic (exact) mass is 173 g/mol. The highest BCUT2D eigenvalue weighted by Gasteiger charge is 1.83. The van der Waals surface area contributed by atoms with Gasteiger partial charge in [0.1, 0.15) is 4.32 Å². The van der Waals surface area contributed by atoms with Crippen LogP contribution in [-0.4, -0.2) is 10.1 Å². The smallest absolute Gasteiger partial charge is 0.132 e. The lowest BCUT2D eigenvalue weighted by atomic mass is 10.3. The van der Waals surface area contributed by atoms with Crippen LogP contribution in [-0.2, 0) is 0 Å². The Morgan fingerprint density at radius 1 is 1.60 bits per heavy atom. The number of thioether (sulfide) groups is 1. The van der Waals surface area contributed by atoms with E-state index in [9.17, 15) is 0 Å². The molecule has 3 heteroatoms. The lowest BCUT2D eigenvalue weighted by molar-refractivity contribution is 0.983. The van der Waals surface area contributed by atoms with Crippen molar-refractivity contribution < 1.29 is 0 Å². The molecule has 0 atom stereocenters. The first-order chi connectivity index (χ1) is 4.77. The summed E-state index contributed by atoms with van der Waals surface area (Å²) < 4.78 is 0.478. The molecule has 1 nitrogen and oxygen atoms in total. The average Bonchev–Trinajstić information content (AvgIpc) is 1.87. The van der Waals surface area contributed by atoms with Crippen LogP contribution < -0.4 is 5.73 Å². The lowest BCUT2D eigenvalue weighted by Gasteiger charge is -1.87. The number of hydrogen-bond acceptors (Lipinski definition) is 2. The Balaban J connectivity index is 3.20. The van der Waals surface area contributed by atoms with E-state index in [2.05, 4.69) is 31.0 Å². The zero-order chi connectivity index (χ0) is 7.82. The first-order valence-electron chi connectivity index (χ1n) is 3.15. The minimum Gasteiger partial charge on any atom is -0.385 e. The molecular formula is C7H11NS2. The number of hydrogen-bond donors (Lipinski definition) is 1. The zero-order valence-corrected chi connectivity index (χ0v) is 7.65. The van der Waals surface area contributed by atoms with E-state index in [0.717, 1.165) is 18.6 Å². The second-order valence-electron chi connectivity index (χ2n) is 1.71. The molecule has 0 unspecified atom stereocenters. The number of thiocarbonyl (C=S) groups is 1. The van der Waals surface area contributed by atoms with Crippen LogP contribution in [0.5, 0.6) is 0 Å². The standard InChI is InChI=1S/C7H11NS2/c1-2-3-4-5-6-10-7(8)9/h2-3,6H2,1H3,(H2,8,9). The van der Waals surface area contributed by atoms with E-state index in [1.807, 2.05) is 0 Å². The van der Waals surface area contributed by atoms with Crippen LogP contribution in [0.25, 0.3) is 0 Å². The predicted octanol–water partition coefficient (Wildman–Crippen LogP) is 1.77. The second-order valence-corrected chi connectivity index (χ2v) is 3.43. The number of nitrogens with two attached hydrogens (primary N) is 1. The molecule has 0 saturated heterocycles. The Morgan fingerprint density at radius 2 is 2.30 bits per heavy atom. The first kappa shape index (κ1) is 9.80. The molecule has 0 aliphatic carbocycles. The van der Waals surface area contributed by atoms with Crippen LogP contribution in [0.15, 0.2) is 0 Å². The molecule has 0 aliphatic rings. The molecule has 0 saturated carbocycles. The summed E-state index contributed by atoms with van der Waals surface area (Å²) in [4.78, 5) is 0. The van der Waals surface area contributed by atoms with Gasteiger partial charge in [0.25, 0.3) is 0 Å². The highest BCUT2D eigenvalue weighted by atomic mass is 32.2. The molecule has 0 radical (unpaired) electrons. The largest absolute Gasteiger partial charge is 0.385 e. The second kappa shape index (κ2) is 6.91. The Labute approximate surface area is 71.7 Å². The maximum Gasteiger partial charge on any atom is 0.132 e. The summed E-state index contributed by atoms with van der Waals surface area (Å²) in [5, 5.41) is 0. The zero-order valence-electron chi connectivity index (χ0n) is 6.02. The number of rotatable bonds is 2. The van der Waals surface area contributed by atoms with Crippen LogP contribution in [0.1, 0.15) is 19.8 Å². The normalized spacial score (nSPS) is 8.10. The van der Waals surface area contributed by atoms with Crippen molar-refractivity contribution in [2.45, 2.75) is 19.8 Å². The first-order valence-corrected chi connectivity index (χ1v) is 4.54. The lowest BCUT2D eigenvalue weighted by Crippen LogP contribution is -2.01. The van der Waals surface area contributed by atoms with Gasteiger partial charge < -0.3 is 5.73 Å². The summed E-state index contributed by atoms with van der Waals surface area (Å²) in [5.41, 5.74) is 5.23. The third-order valence-corrected chi connectivity index (χ3v) is 1.71. The van der Waals surface area contributed by atoms with E-state index < -0.39 is 0 Å². The summed E-state index contributed by atoms with van der Waals surface area (Å²) in [5.74, 6) is 6.70. The molecule has 0 heterocycles. The van der Waals surface area contributed by atoms with Crippen molar-refractivity contribution in [1.29, 1.82) is 0 Å². The molecule has 0 bridgehead atoms. The van der Waals surface area contributed by atoms with Crippen molar-refractivity contribution in [2.24, 2.45) is 5.73 Å². The minimum absolute atomic E-state index is 0.478. The summed E-state index contributed by atoms with van der Waals surface area (Å²) in [6.07, 6.45) is 2.09. The Morgan fingerprint density at radius 3 is 2.80 bits per heavy atom. The van der Waals surface area contributed by atoms with Crippen LogP contribution in [0.3, 0.4) is 0 Å². The Hall–Kier alpha value is -0.200. The van der Waals surface area contributed by atoms with Gasteiger partial charge in [0.05, 0.1) is 5.75 Å². The third-order valence-electron chi connectivity index (χ3n) is 0.787. The fourth-order valence-corrected chi connectivity index (χ4v) is 0.865. The van der Waals surface area contributed by atoms with Gasteiger partial charge in [-0.05, 0) is 6.42 Å². The topological polar surface area (TPSA) is 26.0 Å². The summed E-state index contributed by atoms with van der Waals surface area (Å²) in [7, 11) is 0. The van der Waals surface area contributed by atoms with E-state index in [1.165, 1.54) is 11.8 Å². The molecule has 0 aromatic rings. The highest BCUT2D eigenvalue weighted by molar-refractivity contribution is 8.23. The molecule has 0 fully saturated rings. The van der Waals surface area contributed by atoms with Crippen molar-refractivity contribution in [2.75, 3.05) is 5.75 Å². The van der Waals surface area contributed by atoms with Gasteiger partial charge in [-0.25, -0.2) is 0 Å². The van der Waals surface area contributed by atoms with Gasteiger partial charge in [0.2, 0.25) is 0 Å². The maximum absolute atomic E-state index is 5.23. The maximum atomic E-state index is 5.23. The molecule has 0 aromatic carbocycles. The molecule has 2 N–H and O–H groups in total. The fraction of sp³-hybridized carbons (Fsp3) is 0.571. The Kier molecular flexibility index (Phi) is 6.78. The third kappa shape index (κ3) is 7.80. The van der Waals surface area contributed by atoms with Gasteiger partial charge in [-0.1, -0.05) is 36.8 Å². The van der Waals surface area contributed by atoms with Crippen LogP contribution >= 0.6 is 24.0 Å². The predicted molar refractivity (Wildman–Crippen MR) is 51.9 cm³/mol. The molecule has 0 aliphatic heterocycles. The van der Waals surface area contributed by atoms with Crippen molar-refractivity contribution in [3.8, 4) is 11.8 Å². The minimum atomic E-state index is 0.478. The van der Waals surface area contributed by atoms with E-state index in [0.29, 0.717) is 4.32 Å². The quantitative estimate of drug-likeness (QED) is 0.509. The van der Waals surface area contributed by atoms with Gasteiger partial charge in [-0.2, -0.15) is 0 Å². The summed E-state index contributed by atoms with van der Waals surface area (Å²) in [6, 6.07) is 0. The number of unbranched alkanes of at least 4 members (excludes halogenated alkanes) is 1. The van der Waals surface area contributed by atoms with E-state index >= 15 is 0 Å². The van der Waals surface area contributed by atoms with Crippen LogP contribution in [0.2, 0.25) is 0 Å². The van der Waals surface area contributed by atoms with Gasteiger partial charge in [-0.3, -0.25) is 0 Å². The van der Waals surface area contributed by atoms with Crippen molar-refractivity contribution in [3.63, 3.8) is 0 Å². The Bertz CT molecular complexity index is 155. The van der Waals surface area contributed by atoms with Crippen molar-refractivity contribution in [1.82, 2.24) is 0 Å². The fourth-order valence-electron chi connectivity index (χ4n) is 0.372. The summed E-state index contributed by atoms with van der Waals surface area (Å²) in [6.45, 7) is 2.11. The highest BCUT2D eigenvalue weighted by Crippen LogP contribution is 1.96. The van der Waals surface area contributed by atoms with E-state index in [4.69, 9.17) is 5.73 Å². The summed E-state index contributed by atoms with van der Waals surface area (Å²) >= 11 is 6.06. The van der Waals surface area contributed by atoms with Crippen LogP contribution in [0, 0.1) is 11.8 Å². The van der Waals surface area contributed by atoms with Crippen molar-refractivity contribution >= 4 is 28.3 Å². The molecule has 0 spiro atoms. The van der Waals surface area contributed by atoms with Gasteiger partial charge >= 0.3 is 0 Å². The molecular weight excluding hydrogens is 162 g/mol. The molecule has 0 amide bonds. The van der Waals surface area contributed by atoms with E-state index in [1.54, 1.807) is 0 Å². The average molecular weight is 173 g/mol. The van der Waals surface area contributed by atoms with Gasteiger partial charge in [0.15, 0.2) is 0 Å². The van der Waals surface area contributed by atoms with Crippen molar-refractivity contribution in [3.05, 3.63) is 0 Å². The van der Waals surface area contributed by atoms with Crippen LogP contribution in [0.4, 0.5) is 0 Å².